The molecule has 0 radical (unpaired) electrons. The monoisotopic (exact) mass is 539 g/mol. The van der Waals surface area contributed by atoms with Crippen LogP contribution in [0, 0.1) is 17.0 Å². The number of non-ortho nitro benzene ring substituents is 1. The molecule has 0 fully saturated rings. The number of anilines is 1. The van der Waals surface area contributed by atoms with E-state index >= 15 is 0 Å². The fourth-order valence-electron chi connectivity index (χ4n) is 4.11. The summed E-state index contributed by atoms with van der Waals surface area (Å²) < 4.78 is 29.5. The molecule has 0 unspecified atom stereocenters. The van der Waals surface area contributed by atoms with Crippen LogP contribution in [0.15, 0.2) is 114 Å². The van der Waals surface area contributed by atoms with E-state index in [2.05, 4.69) is 10.2 Å². The summed E-state index contributed by atoms with van der Waals surface area (Å²) in [5.74, 6) is 0.129. The van der Waals surface area contributed by atoms with E-state index in [-0.39, 0.29) is 22.9 Å². The molecule has 1 aromatic heterocycles. The van der Waals surface area contributed by atoms with Crippen molar-refractivity contribution in [1.82, 2.24) is 15.0 Å². The van der Waals surface area contributed by atoms with Gasteiger partial charge in [0, 0.05) is 17.7 Å². The molecule has 10 heteroatoms. The smallest absolute Gasteiger partial charge is 0.258 e. The third-order valence-electron chi connectivity index (χ3n) is 6.17. The number of sulfonamides is 1. The second-order valence-electron chi connectivity index (χ2n) is 9.00. The summed E-state index contributed by atoms with van der Waals surface area (Å²) in [7, 11) is -4.07. The molecule has 5 aromatic rings. The lowest BCUT2D eigenvalue weighted by Crippen LogP contribution is -2.31. The van der Waals surface area contributed by atoms with Gasteiger partial charge in [0.15, 0.2) is 5.82 Å². The first-order valence-corrected chi connectivity index (χ1v) is 13.6. The minimum Gasteiger partial charge on any atom is -0.258 e. The van der Waals surface area contributed by atoms with Gasteiger partial charge in [-0.2, -0.15) is 9.90 Å². The summed E-state index contributed by atoms with van der Waals surface area (Å²) in [6, 6.07) is 31.3. The van der Waals surface area contributed by atoms with Crippen LogP contribution in [-0.2, 0) is 23.1 Å². The third-order valence-corrected chi connectivity index (χ3v) is 7.92. The first kappa shape index (κ1) is 25.8. The molecule has 0 saturated heterocycles. The van der Waals surface area contributed by atoms with Gasteiger partial charge >= 0.3 is 0 Å². The zero-order valence-electron chi connectivity index (χ0n) is 21.1. The van der Waals surface area contributed by atoms with Crippen LogP contribution in [0.3, 0.4) is 0 Å². The van der Waals surface area contributed by atoms with Crippen LogP contribution < -0.4 is 4.31 Å². The average Bonchev–Trinajstić information content (AvgIpc) is 3.36. The lowest BCUT2D eigenvalue weighted by molar-refractivity contribution is -0.384. The Hall–Kier alpha value is -4.83. The van der Waals surface area contributed by atoms with Gasteiger partial charge in [0.1, 0.15) is 5.69 Å². The topological polar surface area (TPSA) is 111 Å². The van der Waals surface area contributed by atoms with E-state index in [1.807, 2.05) is 67.6 Å². The number of nitro groups is 1. The van der Waals surface area contributed by atoms with Crippen molar-refractivity contribution in [3.05, 3.63) is 136 Å². The second-order valence-corrected chi connectivity index (χ2v) is 10.9. The predicted octanol–water partition coefficient (Wildman–Crippen LogP) is 5.61. The molecule has 1 heterocycles. The highest BCUT2D eigenvalue weighted by Crippen LogP contribution is 2.33. The van der Waals surface area contributed by atoms with Gasteiger partial charge in [0.25, 0.3) is 15.7 Å². The molecule has 0 aliphatic carbocycles. The lowest BCUT2D eigenvalue weighted by Gasteiger charge is -2.23. The molecule has 196 valence electrons. The number of benzene rings is 4. The van der Waals surface area contributed by atoms with E-state index in [1.54, 1.807) is 36.4 Å². The number of hydrogen-bond donors (Lipinski definition) is 0. The van der Waals surface area contributed by atoms with Gasteiger partial charge in [0.2, 0.25) is 0 Å². The summed E-state index contributed by atoms with van der Waals surface area (Å²) >= 11 is 0. The Labute approximate surface area is 226 Å². The molecule has 39 heavy (non-hydrogen) atoms. The fraction of sp³-hybridized carbons (Fsp3) is 0.103. The van der Waals surface area contributed by atoms with Gasteiger partial charge in [-0.1, -0.05) is 78.4 Å². The molecule has 0 aliphatic heterocycles. The number of rotatable bonds is 9. The Morgan fingerprint density at radius 1 is 0.795 bits per heavy atom. The van der Waals surface area contributed by atoms with Crippen LogP contribution >= 0.6 is 0 Å². The number of aromatic nitrogens is 3. The van der Waals surface area contributed by atoms with Gasteiger partial charge in [-0.15, -0.1) is 5.10 Å². The number of hydrogen-bond acceptors (Lipinski definition) is 6. The molecule has 4 aromatic carbocycles. The summed E-state index contributed by atoms with van der Waals surface area (Å²) in [5, 5.41) is 20.6. The van der Waals surface area contributed by atoms with Crippen LogP contribution in [0.4, 0.5) is 11.5 Å². The highest BCUT2D eigenvalue weighted by atomic mass is 32.2. The molecular formula is C29H25N5O4S. The molecule has 0 amide bonds. The molecule has 0 spiro atoms. The molecule has 0 bridgehead atoms. The van der Waals surface area contributed by atoms with Crippen LogP contribution in [0.1, 0.15) is 16.7 Å². The number of aryl methyl sites for hydroxylation is 1. The van der Waals surface area contributed by atoms with Gasteiger partial charge in [-0.3, -0.25) is 10.1 Å². The van der Waals surface area contributed by atoms with Crippen LogP contribution in [0.5, 0.6) is 0 Å². The summed E-state index contributed by atoms with van der Waals surface area (Å²) in [6.07, 6.45) is 0. The first-order valence-electron chi connectivity index (χ1n) is 12.2. The van der Waals surface area contributed by atoms with Crippen molar-refractivity contribution < 1.29 is 13.3 Å². The largest absolute Gasteiger partial charge is 0.269 e. The van der Waals surface area contributed by atoms with E-state index in [9.17, 15) is 18.5 Å². The van der Waals surface area contributed by atoms with E-state index in [1.165, 1.54) is 21.2 Å². The minimum atomic E-state index is -4.07. The molecular weight excluding hydrogens is 514 g/mol. The Morgan fingerprint density at radius 3 is 1.97 bits per heavy atom. The predicted molar refractivity (Wildman–Crippen MR) is 149 cm³/mol. The van der Waals surface area contributed by atoms with Crippen molar-refractivity contribution in [1.29, 1.82) is 0 Å². The van der Waals surface area contributed by atoms with Crippen molar-refractivity contribution in [2.75, 3.05) is 4.31 Å². The molecule has 0 saturated carbocycles. The zero-order valence-corrected chi connectivity index (χ0v) is 21.9. The maximum Gasteiger partial charge on any atom is 0.269 e. The molecule has 5 rings (SSSR count). The van der Waals surface area contributed by atoms with Gasteiger partial charge in [-0.05, 0) is 42.3 Å². The molecule has 0 aliphatic rings. The van der Waals surface area contributed by atoms with E-state index in [0.717, 1.165) is 16.7 Å². The van der Waals surface area contributed by atoms with Crippen molar-refractivity contribution in [3.63, 3.8) is 0 Å². The van der Waals surface area contributed by atoms with Crippen LogP contribution in [0.2, 0.25) is 0 Å². The minimum absolute atomic E-state index is 0.0149. The molecule has 9 nitrogen and oxygen atoms in total. The second kappa shape index (κ2) is 10.9. The molecule has 0 atom stereocenters. The van der Waals surface area contributed by atoms with Crippen molar-refractivity contribution in [3.8, 4) is 11.3 Å². The van der Waals surface area contributed by atoms with Crippen LogP contribution in [0.25, 0.3) is 11.3 Å². The fourth-order valence-corrected chi connectivity index (χ4v) is 5.52. The van der Waals surface area contributed by atoms with E-state index < -0.39 is 14.9 Å². The summed E-state index contributed by atoms with van der Waals surface area (Å²) in [4.78, 5) is 12.3. The molecule has 0 N–H and O–H groups in total. The number of nitrogens with zero attached hydrogens (tertiary/aromatic N) is 5. The zero-order chi connectivity index (χ0) is 27.4. The maximum atomic E-state index is 14.1. The lowest BCUT2D eigenvalue weighted by atomic mass is 10.1. The Bertz CT molecular complexity index is 1690. The van der Waals surface area contributed by atoms with Gasteiger partial charge < -0.3 is 0 Å². The maximum absolute atomic E-state index is 14.1. The normalized spacial score (nSPS) is 11.3. The highest BCUT2D eigenvalue weighted by molar-refractivity contribution is 7.92. The third kappa shape index (κ3) is 5.70. The Balaban J connectivity index is 1.68. The Morgan fingerprint density at radius 2 is 1.38 bits per heavy atom. The number of nitro benzene ring substituents is 1. The quantitative estimate of drug-likeness (QED) is 0.178. The summed E-state index contributed by atoms with van der Waals surface area (Å²) in [6.45, 7) is 2.21. The van der Waals surface area contributed by atoms with Crippen molar-refractivity contribution >= 4 is 21.5 Å². The van der Waals surface area contributed by atoms with Crippen LogP contribution in [-0.4, -0.2) is 28.3 Å². The summed E-state index contributed by atoms with van der Waals surface area (Å²) in [5.41, 5.74) is 3.36. The van der Waals surface area contributed by atoms with Gasteiger partial charge in [0.05, 0.1) is 22.9 Å². The van der Waals surface area contributed by atoms with Crippen molar-refractivity contribution in [2.24, 2.45) is 0 Å². The SMILES string of the molecule is Cc1ccc(S(=O)(=O)N(Cc2ccccc2)c2nn(Cc3ccccc3)nc2-c2ccc([N+](=O)[O-])cc2)cc1. The van der Waals surface area contributed by atoms with E-state index in [0.29, 0.717) is 17.8 Å². The first-order chi connectivity index (χ1) is 18.8. The standard InChI is InChI=1S/C29H25N5O4S/c1-22-12-18-27(19-13-22)39(37,38)32(20-23-8-4-2-5-9-23)29-28(25-14-16-26(17-15-25)34(35)36)30-33(31-29)21-24-10-6-3-7-11-24/h2-19H,20-21H2,1H3. The average molecular weight is 540 g/mol. The van der Waals surface area contributed by atoms with Crippen molar-refractivity contribution in [2.45, 2.75) is 24.9 Å². The van der Waals surface area contributed by atoms with Gasteiger partial charge in [-0.25, -0.2) is 12.7 Å². The Kier molecular flexibility index (Phi) is 7.20. The highest BCUT2D eigenvalue weighted by Gasteiger charge is 2.31. The van der Waals surface area contributed by atoms with E-state index in [4.69, 9.17) is 0 Å².